The summed E-state index contributed by atoms with van der Waals surface area (Å²) < 4.78 is 33.4. The molecule has 0 bridgehead atoms. The summed E-state index contributed by atoms with van der Waals surface area (Å²) >= 11 is 0. The Balaban J connectivity index is 2.38. The Hall–Kier alpha value is -1.16. The van der Waals surface area contributed by atoms with E-state index < -0.39 is 48.3 Å². The first-order valence-corrected chi connectivity index (χ1v) is 6.22. The van der Waals surface area contributed by atoms with Crippen molar-refractivity contribution >= 4 is 0 Å². The monoisotopic (exact) mass is 306 g/mol. The van der Waals surface area contributed by atoms with Crippen molar-refractivity contribution in [3.63, 3.8) is 0 Å². The lowest BCUT2D eigenvalue weighted by Crippen LogP contribution is -2.68. The molecule has 21 heavy (non-hydrogen) atoms. The molecule has 1 aliphatic rings. The van der Waals surface area contributed by atoms with E-state index in [0.29, 0.717) is 0 Å². The molecule has 5 N–H and O–H groups in total. The zero-order valence-electron chi connectivity index (χ0n) is 10.8. The molecule has 1 heterocycles. The van der Waals surface area contributed by atoms with E-state index in [-0.39, 0.29) is 0 Å². The molecule has 0 aliphatic carbocycles. The van der Waals surface area contributed by atoms with Crippen LogP contribution in [0.5, 0.6) is 0 Å². The highest BCUT2D eigenvalue weighted by Gasteiger charge is 2.60. The Morgan fingerprint density at radius 2 is 1.67 bits per heavy atom. The van der Waals surface area contributed by atoms with Crippen molar-refractivity contribution in [1.82, 2.24) is 0 Å². The van der Waals surface area contributed by atoms with Gasteiger partial charge in [0, 0.05) is 5.56 Å². The van der Waals surface area contributed by atoms with Gasteiger partial charge in [-0.3, -0.25) is 0 Å². The van der Waals surface area contributed by atoms with Crippen LogP contribution in [0, 0.1) is 0 Å². The van der Waals surface area contributed by atoms with Gasteiger partial charge in [0.25, 0.3) is 0 Å². The number of hydrogen-bond donors (Lipinski definition) is 5. The molecule has 118 valence electrons. The lowest BCUT2D eigenvalue weighted by atomic mass is 9.88. The van der Waals surface area contributed by atoms with E-state index >= 15 is 0 Å². The maximum atomic E-state index is 14.4. The molecule has 1 aromatic rings. The molecule has 1 saturated heterocycles. The number of ether oxygens (including phenoxy) is 1. The fourth-order valence-corrected chi connectivity index (χ4v) is 2.24. The Morgan fingerprint density at radius 3 is 2.19 bits per heavy atom. The maximum absolute atomic E-state index is 14.4. The molecule has 6 nitrogen and oxygen atoms in total. The molecule has 1 unspecified atom stereocenters. The van der Waals surface area contributed by atoms with E-state index in [9.17, 15) is 29.2 Å². The van der Waals surface area contributed by atoms with Gasteiger partial charge in [-0.1, -0.05) is 30.3 Å². The van der Waals surface area contributed by atoms with Gasteiger partial charge in [0.2, 0.25) is 5.79 Å². The van der Waals surface area contributed by atoms with Crippen LogP contribution in [0.1, 0.15) is 5.56 Å². The highest BCUT2D eigenvalue weighted by Crippen LogP contribution is 2.41. The molecular formula is C13H16F2O6. The highest BCUT2D eigenvalue weighted by atomic mass is 19.3. The number of alkyl halides is 2. The summed E-state index contributed by atoms with van der Waals surface area (Å²) in [6.45, 7) is -1.22. The van der Waals surface area contributed by atoms with Crippen LogP contribution in [-0.4, -0.2) is 62.3 Å². The second-order valence-corrected chi connectivity index (χ2v) is 4.96. The first-order chi connectivity index (χ1) is 9.74. The first-order valence-electron chi connectivity index (χ1n) is 6.22. The van der Waals surface area contributed by atoms with Crippen LogP contribution in [0.25, 0.3) is 0 Å². The van der Waals surface area contributed by atoms with Crippen molar-refractivity contribution in [2.24, 2.45) is 0 Å². The summed E-state index contributed by atoms with van der Waals surface area (Å²) in [5, 5.41) is 47.7. The molecule has 0 radical (unpaired) electrons. The van der Waals surface area contributed by atoms with Crippen LogP contribution < -0.4 is 0 Å². The van der Waals surface area contributed by atoms with E-state index in [1.165, 1.54) is 18.2 Å². The number of rotatable bonds is 3. The number of hydrogen-bond acceptors (Lipinski definition) is 6. The fraction of sp³-hybridized carbons (Fsp3) is 0.538. The normalized spacial score (nSPS) is 37.5. The van der Waals surface area contributed by atoms with Crippen molar-refractivity contribution < 1.29 is 39.1 Å². The molecule has 0 spiro atoms. The topological polar surface area (TPSA) is 110 Å². The minimum atomic E-state index is -3.76. The van der Waals surface area contributed by atoms with Gasteiger partial charge in [0.15, 0.2) is 6.10 Å². The molecule has 8 heteroatoms. The van der Waals surface area contributed by atoms with Gasteiger partial charge < -0.3 is 30.3 Å². The average molecular weight is 306 g/mol. The number of aliphatic hydroxyl groups is 5. The van der Waals surface area contributed by atoms with Crippen LogP contribution in [-0.2, 0) is 10.7 Å². The van der Waals surface area contributed by atoms with Crippen LogP contribution >= 0.6 is 0 Å². The van der Waals surface area contributed by atoms with E-state index in [0.717, 1.165) is 12.1 Å². The minimum Gasteiger partial charge on any atom is -0.391 e. The summed E-state index contributed by atoms with van der Waals surface area (Å²) in [5.41, 5.74) is -0.502. The zero-order chi connectivity index (χ0) is 15.8. The van der Waals surface area contributed by atoms with Crippen molar-refractivity contribution in [2.45, 2.75) is 36.1 Å². The maximum Gasteiger partial charge on any atom is 0.301 e. The van der Waals surface area contributed by atoms with Crippen molar-refractivity contribution in [3.05, 3.63) is 35.9 Å². The van der Waals surface area contributed by atoms with Gasteiger partial charge >= 0.3 is 5.92 Å². The SMILES string of the molecule is OCC1(O)O[C@@H](C(F)(F)c2ccccc2)[C@H](O)[C@@H](O)[C@@H]1O. The van der Waals surface area contributed by atoms with Gasteiger partial charge in [-0.25, -0.2) is 0 Å². The summed E-state index contributed by atoms with van der Waals surface area (Å²) in [6.07, 6.45) is -8.71. The quantitative estimate of drug-likeness (QED) is 0.487. The summed E-state index contributed by atoms with van der Waals surface area (Å²) in [5.74, 6) is -6.55. The molecule has 0 saturated carbocycles. The lowest BCUT2D eigenvalue weighted by molar-refractivity contribution is -0.382. The third-order valence-corrected chi connectivity index (χ3v) is 3.52. The molecular weight excluding hydrogens is 290 g/mol. The Kier molecular flexibility index (Phi) is 4.29. The minimum absolute atomic E-state index is 0.502. The molecule has 5 atom stereocenters. The smallest absolute Gasteiger partial charge is 0.301 e. The zero-order valence-corrected chi connectivity index (χ0v) is 10.8. The van der Waals surface area contributed by atoms with Crippen LogP contribution in [0.2, 0.25) is 0 Å². The van der Waals surface area contributed by atoms with Crippen LogP contribution in [0.15, 0.2) is 30.3 Å². The average Bonchev–Trinajstić information content (AvgIpc) is 2.49. The van der Waals surface area contributed by atoms with E-state index in [2.05, 4.69) is 4.74 Å². The Labute approximate surface area is 118 Å². The number of benzene rings is 1. The van der Waals surface area contributed by atoms with Crippen LogP contribution in [0.3, 0.4) is 0 Å². The van der Waals surface area contributed by atoms with Gasteiger partial charge in [0.05, 0.1) is 6.61 Å². The predicted molar refractivity (Wildman–Crippen MR) is 65.3 cm³/mol. The number of halogens is 2. The lowest BCUT2D eigenvalue weighted by Gasteiger charge is -2.46. The van der Waals surface area contributed by atoms with Crippen LogP contribution in [0.4, 0.5) is 8.78 Å². The van der Waals surface area contributed by atoms with Crippen molar-refractivity contribution in [2.75, 3.05) is 6.61 Å². The number of aliphatic hydroxyl groups excluding tert-OH is 4. The van der Waals surface area contributed by atoms with Gasteiger partial charge in [0.1, 0.15) is 18.3 Å². The summed E-state index contributed by atoms with van der Waals surface area (Å²) in [7, 11) is 0. The third-order valence-electron chi connectivity index (χ3n) is 3.52. The molecule has 0 amide bonds. The first kappa shape index (κ1) is 16.2. The highest BCUT2D eigenvalue weighted by molar-refractivity contribution is 5.22. The van der Waals surface area contributed by atoms with Gasteiger partial charge in [-0.05, 0) is 0 Å². The summed E-state index contributed by atoms with van der Waals surface area (Å²) in [4.78, 5) is 0. The summed E-state index contributed by atoms with van der Waals surface area (Å²) in [6, 6.07) is 6.39. The predicted octanol–water partition coefficient (Wildman–Crippen LogP) is -1.06. The van der Waals surface area contributed by atoms with Gasteiger partial charge in [-0.15, -0.1) is 0 Å². The third kappa shape index (κ3) is 2.66. The van der Waals surface area contributed by atoms with E-state index in [4.69, 9.17) is 5.11 Å². The Morgan fingerprint density at radius 1 is 1.10 bits per heavy atom. The van der Waals surface area contributed by atoms with Crippen molar-refractivity contribution in [1.29, 1.82) is 0 Å². The Bertz CT molecular complexity index is 485. The largest absolute Gasteiger partial charge is 0.391 e. The fourth-order valence-electron chi connectivity index (χ4n) is 2.24. The molecule has 0 aromatic heterocycles. The van der Waals surface area contributed by atoms with Gasteiger partial charge in [-0.2, -0.15) is 8.78 Å². The van der Waals surface area contributed by atoms with Crippen molar-refractivity contribution in [3.8, 4) is 0 Å². The van der Waals surface area contributed by atoms with E-state index in [1.807, 2.05) is 0 Å². The molecule has 1 aromatic carbocycles. The molecule has 1 aliphatic heterocycles. The molecule has 1 fully saturated rings. The standard InChI is InChI=1S/C13H16F2O6/c14-13(15,7-4-2-1-3-5-7)11-9(18)8(17)10(19)12(20,6-16)21-11/h1-5,8-11,16-20H,6H2/t8-,9-,10+,11-,12?/m1/s1. The second-order valence-electron chi connectivity index (χ2n) is 4.96. The molecule has 2 rings (SSSR count). The van der Waals surface area contributed by atoms with E-state index in [1.54, 1.807) is 0 Å². The second kappa shape index (κ2) is 5.56.